The number of pyridine rings is 1. The van der Waals surface area contributed by atoms with Gasteiger partial charge in [0.15, 0.2) is 0 Å². The molecular formula is C21H20FN3O3. The third-order valence-electron chi connectivity index (χ3n) is 6.00. The number of hydrogen-bond donors (Lipinski definition) is 2. The lowest BCUT2D eigenvalue weighted by Crippen LogP contribution is -2.36. The van der Waals surface area contributed by atoms with Gasteiger partial charge < -0.3 is 19.7 Å². The van der Waals surface area contributed by atoms with Crippen molar-refractivity contribution in [2.24, 2.45) is 11.3 Å². The molecule has 5 rings (SSSR count). The van der Waals surface area contributed by atoms with E-state index in [0.29, 0.717) is 37.4 Å². The van der Waals surface area contributed by atoms with Gasteiger partial charge in [-0.25, -0.2) is 9.37 Å². The highest BCUT2D eigenvalue weighted by molar-refractivity contribution is 5.96. The molecule has 7 heteroatoms. The number of H-pyrrole nitrogens is 1. The predicted octanol–water partition coefficient (Wildman–Crippen LogP) is 2.45. The molecule has 2 fully saturated rings. The number of ether oxygens (including phenoxy) is 1. The normalized spacial score (nSPS) is 24.1. The van der Waals surface area contributed by atoms with Gasteiger partial charge in [0.05, 0.1) is 19.8 Å². The Hall–Kier alpha value is -2.77. The van der Waals surface area contributed by atoms with Gasteiger partial charge in [0.1, 0.15) is 11.5 Å². The standard InChI is InChI=1S/C21H20FN3O3/c22-18-5-14(16-3-13-1-2-23-19(13)24-7-16)4-15(6-18)20(27)25-8-17-9-28-12-21(17,10-25)11-26/h1-7,17,26H,8-12H2,(H,23,24)/t17-,21-/m0/s1. The van der Waals surface area contributed by atoms with Crippen molar-refractivity contribution < 1.29 is 19.0 Å². The Balaban J connectivity index is 1.46. The van der Waals surface area contributed by atoms with Crippen molar-refractivity contribution in [3.63, 3.8) is 0 Å². The fraction of sp³-hybridized carbons (Fsp3) is 0.333. The van der Waals surface area contributed by atoms with Crippen molar-refractivity contribution in [2.45, 2.75) is 0 Å². The topological polar surface area (TPSA) is 78.5 Å². The summed E-state index contributed by atoms with van der Waals surface area (Å²) in [4.78, 5) is 22.1. The first-order valence-electron chi connectivity index (χ1n) is 9.30. The SMILES string of the molecule is O=C(c1cc(F)cc(-c2cnc3[nH]ccc3c2)c1)N1C[C@H]2COC[C@@]2(CO)C1. The lowest BCUT2D eigenvalue weighted by molar-refractivity contribution is 0.0630. The summed E-state index contributed by atoms with van der Waals surface area (Å²) in [6, 6.07) is 8.20. The number of halogens is 1. The molecule has 0 bridgehead atoms. The Bertz CT molecular complexity index is 1070. The minimum absolute atomic E-state index is 0.0157. The molecule has 0 saturated carbocycles. The summed E-state index contributed by atoms with van der Waals surface area (Å²) in [6.45, 7) is 1.92. The molecule has 2 saturated heterocycles. The fourth-order valence-electron chi connectivity index (χ4n) is 4.37. The van der Waals surface area contributed by atoms with E-state index < -0.39 is 11.2 Å². The van der Waals surface area contributed by atoms with Crippen LogP contribution in [0.5, 0.6) is 0 Å². The van der Waals surface area contributed by atoms with E-state index >= 15 is 0 Å². The lowest BCUT2D eigenvalue weighted by Gasteiger charge is -2.24. The number of nitrogens with zero attached hydrogens (tertiary/aromatic N) is 2. The third-order valence-corrected chi connectivity index (χ3v) is 6.00. The Morgan fingerprint density at radius 3 is 3.07 bits per heavy atom. The minimum Gasteiger partial charge on any atom is -0.396 e. The fourth-order valence-corrected chi connectivity index (χ4v) is 4.37. The summed E-state index contributed by atoms with van der Waals surface area (Å²) >= 11 is 0. The summed E-state index contributed by atoms with van der Waals surface area (Å²) in [5.74, 6) is -0.567. The van der Waals surface area contributed by atoms with Gasteiger partial charge in [-0.15, -0.1) is 0 Å². The highest BCUT2D eigenvalue weighted by atomic mass is 19.1. The van der Waals surface area contributed by atoms with E-state index in [4.69, 9.17) is 4.74 Å². The van der Waals surface area contributed by atoms with Crippen LogP contribution in [-0.4, -0.2) is 58.8 Å². The zero-order chi connectivity index (χ0) is 19.3. The van der Waals surface area contributed by atoms with E-state index in [-0.39, 0.29) is 18.4 Å². The number of hydrogen-bond acceptors (Lipinski definition) is 4. The first kappa shape index (κ1) is 17.3. The number of amides is 1. The average Bonchev–Trinajstić information content (AvgIpc) is 3.40. The monoisotopic (exact) mass is 381 g/mol. The van der Waals surface area contributed by atoms with Crippen molar-refractivity contribution in [2.75, 3.05) is 32.9 Å². The lowest BCUT2D eigenvalue weighted by atomic mass is 9.82. The van der Waals surface area contributed by atoms with Gasteiger partial charge in [-0.2, -0.15) is 0 Å². The number of nitrogens with one attached hydrogen (secondary N) is 1. The Kier molecular flexibility index (Phi) is 3.96. The van der Waals surface area contributed by atoms with Gasteiger partial charge in [-0.05, 0) is 35.9 Å². The second-order valence-corrected chi connectivity index (χ2v) is 7.79. The number of carbonyl (C=O) groups is 1. The third kappa shape index (κ3) is 2.70. The quantitative estimate of drug-likeness (QED) is 0.731. The van der Waals surface area contributed by atoms with Crippen molar-refractivity contribution in [3.8, 4) is 11.1 Å². The zero-order valence-corrected chi connectivity index (χ0v) is 15.2. The maximum atomic E-state index is 14.3. The number of rotatable bonds is 3. The molecule has 2 atom stereocenters. The van der Waals surface area contributed by atoms with Crippen LogP contribution in [0.4, 0.5) is 4.39 Å². The van der Waals surface area contributed by atoms with Gasteiger partial charge in [-0.3, -0.25) is 4.79 Å². The summed E-state index contributed by atoms with van der Waals surface area (Å²) in [5, 5.41) is 10.7. The molecule has 2 aromatic heterocycles. The number of carbonyl (C=O) groups excluding carboxylic acids is 1. The molecular weight excluding hydrogens is 361 g/mol. The highest BCUT2D eigenvalue weighted by Gasteiger charge is 2.51. The van der Waals surface area contributed by atoms with Crippen LogP contribution in [0.15, 0.2) is 42.7 Å². The van der Waals surface area contributed by atoms with Gasteiger partial charge in [-0.1, -0.05) is 0 Å². The zero-order valence-electron chi connectivity index (χ0n) is 15.2. The molecule has 6 nitrogen and oxygen atoms in total. The summed E-state index contributed by atoms with van der Waals surface area (Å²) in [6.07, 6.45) is 3.47. The maximum absolute atomic E-state index is 14.3. The molecule has 2 aliphatic rings. The minimum atomic E-state index is -0.463. The molecule has 28 heavy (non-hydrogen) atoms. The van der Waals surface area contributed by atoms with Crippen LogP contribution in [-0.2, 0) is 4.74 Å². The second kappa shape index (κ2) is 6.39. The second-order valence-electron chi connectivity index (χ2n) is 7.79. The van der Waals surface area contributed by atoms with E-state index in [2.05, 4.69) is 9.97 Å². The summed E-state index contributed by atoms with van der Waals surface area (Å²) in [5.41, 5.74) is 2.03. The van der Waals surface area contributed by atoms with Crippen LogP contribution in [0.25, 0.3) is 22.2 Å². The molecule has 1 aromatic carbocycles. The molecule has 0 spiro atoms. The molecule has 3 aromatic rings. The van der Waals surface area contributed by atoms with Crippen LogP contribution >= 0.6 is 0 Å². The number of fused-ring (bicyclic) bond motifs is 2. The molecule has 0 unspecified atom stereocenters. The van der Waals surface area contributed by atoms with E-state index in [1.54, 1.807) is 23.4 Å². The number of benzene rings is 1. The van der Waals surface area contributed by atoms with E-state index in [0.717, 1.165) is 16.6 Å². The van der Waals surface area contributed by atoms with Gasteiger partial charge in [0, 0.05) is 53.3 Å². The average molecular weight is 381 g/mol. The van der Waals surface area contributed by atoms with E-state index in [1.165, 1.54) is 12.1 Å². The Labute approximate surface area is 161 Å². The Morgan fingerprint density at radius 1 is 1.36 bits per heavy atom. The van der Waals surface area contributed by atoms with Crippen LogP contribution in [0.1, 0.15) is 10.4 Å². The van der Waals surface area contributed by atoms with Crippen molar-refractivity contribution in [1.29, 1.82) is 0 Å². The first-order chi connectivity index (χ1) is 13.6. The van der Waals surface area contributed by atoms with Gasteiger partial charge in [0.2, 0.25) is 0 Å². The molecule has 144 valence electrons. The number of aromatic nitrogens is 2. The van der Waals surface area contributed by atoms with Gasteiger partial charge >= 0.3 is 0 Å². The summed E-state index contributed by atoms with van der Waals surface area (Å²) in [7, 11) is 0. The number of aromatic amines is 1. The molecule has 2 N–H and O–H groups in total. The molecule has 4 heterocycles. The van der Waals surface area contributed by atoms with Crippen molar-refractivity contribution in [1.82, 2.24) is 14.9 Å². The largest absolute Gasteiger partial charge is 0.396 e. The number of aliphatic hydroxyl groups is 1. The van der Waals surface area contributed by atoms with Crippen molar-refractivity contribution >= 4 is 16.9 Å². The molecule has 0 radical (unpaired) electrons. The van der Waals surface area contributed by atoms with Gasteiger partial charge in [0.25, 0.3) is 5.91 Å². The van der Waals surface area contributed by atoms with Crippen molar-refractivity contribution in [3.05, 3.63) is 54.1 Å². The van der Waals surface area contributed by atoms with E-state index in [9.17, 15) is 14.3 Å². The van der Waals surface area contributed by atoms with Crippen LogP contribution in [0, 0.1) is 17.2 Å². The van der Waals surface area contributed by atoms with Crippen LogP contribution in [0.3, 0.4) is 0 Å². The molecule has 2 aliphatic heterocycles. The first-order valence-corrected chi connectivity index (χ1v) is 9.30. The molecule has 0 aliphatic carbocycles. The maximum Gasteiger partial charge on any atom is 0.254 e. The number of aliphatic hydroxyl groups excluding tert-OH is 1. The van der Waals surface area contributed by atoms with E-state index in [1.807, 2.05) is 12.1 Å². The summed E-state index contributed by atoms with van der Waals surface area (Å²) < 4.78 is 19.8. The van der Waals surface area contributed by atoms with Crippen LogP contribution in [0.2, 0.25) is 0 Å². The van der Waals surface area contributed by atoms with Crippen LogP contribution < -0.4 is 0 Å². The smallest absolute Gasteiger partial charge is 0.254 e. The predicted molar refractivity (Wildman–Crippen MR) is 101 cm³/mol. The Morgan fingerprint density at radius 2 is 2.25 bits per heavy atom. The molecule has 1 amide bonds. The number of likely N-dealkylation sites (tertiary alicyclic amines) is 1. The highest BCUT2D eigenvalue weighted by Crippen LogP contribution is 2.41.